The van der Waals surface area contributed by atoms with E-state index >= 15 is 0 Å². The standard InChI is InChI=1S/C30HF59/c31-1-2(32)3(33,34)4(35,36)5(37,38)6(39,40)7(41,42)8(43,44)9(45,46)10(47,48)11(49,50)12(51,52)13(53,54)14(55,56)15(57,58)16(59,60)17(61,62)18(63,64)19(65,66)20(67,68)21(69,70)22(71,72)23(73,74)24(75,76)25(77,78)26(79,80)27(81,82)28(83,84)29(85,86)30(87,88)89/h1H. The summed E-state index contributed by atoms with van der Waals surface area (Å²) >= 11 is 0. The van der Waals surface area contributed by atoms with Crippen molar-refractivity contribution in [2.75, 3.05) is 0 Å². The largest absolute Gasteiger partial charge is 0.460 e. The smallest absolute Gasteiger partial charge is 0.212 e. The average molecular weight is 1480 g/mol. The van der Waals surface area contributed by atoms with Gasteiger partial charge in [-0.15, -0.1) is 0 Å². The molecule has 0 aliphatic rings. The van der Waals surface area contributed by atoms with Gasteiger partial charge in [0.15, 0.2) is 0 Å². The summed E-state index contributed by atoms with van der Waals surface area (Å²) in [6.07, 6.45) is -11.5. The van der Waals surface area contributed by atoms with Gasteiger partial charge in [-0.3, -0.25) is 0 Å². The van der Waals surface area contributed by atoms with Crippen LogP contribution in [0.1, 0.15) is 0 Å². The summed E-state index contributed by atoms with van der Waals surface area (Å²) in [6, 6.07) is 0. The zero-order valence-corrected chi connectivity index (χ0v) is 37.4. The highest BCUT2D eigenvalue weighted by Gasteiger charge is 3.05. The number of halogens is 59. The van der Waals surface area contributed by atoms with Crippen LogP contribution in [0.5, 0.6) is 0 Å². The summed E-state index contributed by atoms with van der Waals surface area (Å²) in [6.45, 7) is 0. The number of allylic oxidation sites excluding steroid dienone is 1. The van der Waals surface area contributed by atoms with E-state index in [1.807, 2.05) is 0 Å². The minimum atomic E-state index is -11.2. The van der Waals surface area contributed by atoms with E-state index in [0.717, 1.165) is 0 Å². The van der Waals surface area contributed by atoms with E-state index in [0.29, 0.717) is 0 Å². The van der Waals surface area contributed by atoms with Crippen LogP contribution in [0.2, 0.25) is 0 Å². The number of alkyl halides is 57. The zero-order chi connectivity index (χ0) is 74.3. The molecule has 0 unspecified atom stereocenters. The fourth-order valence-corrected chi connectivity index (χ4v) is 5.33. The van der Waals surface area contributed by atoms with Gasteiger partial charge in [0.2, 0.25) is 5.83 Å². The SMILES string of the molecule is FC=C(F)C(F)(F)C(F)(F)C(F)(F)C(F)(F)C(F)(F)C(F)(F)C(F)(F)C(F)(F)C(F)(F)C(F)(F)C(F)(F)C(F)(F)C(F)(F)C(F)(F)C(F)(F)C(F)(F)C(F)(F)C(F)(F)C(F)(F)C(F)(F)C(F)(F)C(F)(F)C(F)(F)C(F)(F)C(F)(F)C(F)(F)C(F)(F)C(F)(F)F. The third-order valence-corrected chi connectivity index (χ3v) is 11.0. The van der Waals surface area contributed by atoms with Crippen LogP contribution in [-0.2, 0) is 0 Å². The van der Waals surface area contributed by atoms with Crippen LogP contribution < -0.4 is 0 Å². The summed E-state index contributed by atoms with van der Waals surface area (Å²) in [5, 5.41) is 0. The number of rotatable bonds is 27. The second kappa shape index (κ2) is 20.3. The molecule has 0 aromatic heterocycles. The second-order valence-electron chi connectivity index (χ2n) is 16.5. The highest BCUT2D eigenvalue weighted by atomic mass is 19.5. The van der Waals surface area contributed by atoms with Gasteiger partial charge in [-0.1, -0.05) is 0 Å². The third-order valence-electron chi connectivity index (χ3n) is 11.0. The minimum Gasteiger partial charge on any atom is -0.212 e. The van der Waals surface area contributed by atoms with Crippen molar-refractivity contribution in [1.29, 1.82) is 0 Å². The molecule has 0 nitrogen and oxygen atoms in total. The molecule has 0 saturated carbocycles. The lowest BCUT2D eigenvalue weighted by Gasteiger charge is -2.48. The predicted molar refractivity (Wildman–Crippen MR) is 150 cm³/mol. The molecule has 0 amide bonds. The van der Waals surface area contributed by atoms with Crippen LogP contribution in [0.3, 0.4) is 0 Å². The van der Waals surface area contributed by atoms with E-state index in [2.05, 4.69) is 0 Å². The van der Waals surface area contributed by atoms with Crippen LogP contribution in [-0.4, -0.2) is 166 Å². The fourth-order valence-electron chi connectivity index (χ4n) is 5.33. The molecule has 0 fully saturated rings. The quantitative estimate of drug-likeness (QED) is 0.0719. The third kappa shape index (κ3) is 9.16. The Morgan fingerprint density at radius 1 is 0.135 bits per heavy atom. The van der Waals surface area contributed by atoms with Crippen molar-refractivity contribution < 1.29 is 259 Å². The molecule has 0 rings (SSSR count). The van der Waals surface area contributed by atoms with Crippen LogP contribution in [0.4, 0.5) is 259 Å². The number of hydrogen-bond acceptors (Lipinski definition) is 0. The molecule has 59 heteroatoms. The van der Waals surface area contributed by atoms with Gasteiger partial charge in [0.05, 0.1) is 0 Å². The van der Waals surface area contributed by atoms with Gasteiger partial charge >= 0.3 is 166 Å². The second-order valence-corrected chi connectivity index (χ2v) is 16.5. The molecule has 0 bridgehead atoms. The van der Waals surface area contributed by atoms with Gasteiger partial charge in [-0.25, -0.2) is 8.78 Å². The minimum absolute atomic E-state index is 2.84. The Morgan fingerprint density at radius 3 is 0.292 bits per heavy atom. The van der Waals surface area contributed by atoms with E-state index < -0.39 is 178 Å². The Morgan fingerprint density at radius 2 is 0.213 bits per heavy atom. The van der Waals surface area contributed by atoms with E-state index in [-0.39, 0.29) is 0 Å². The van der Waals surface area contributed by atoms with Crippen molar-refractivity contribution in [2.24, 2.45) is 0 Å². The maximum atomic E-state index is 14.2. The topological polar surface area (TPSA) is 0 Å². The molecule has 0 atom stereocenters. The van der Waals surface area contributed by atoms with Gasteiger partial charge in [0.25, 0.3) is 0 Å². The van der Waals surface area contributed by atoms with Crippen LogP contribution in [0.25, 0.3) is 0 Å². The van der Waals surface area contributed by atoms with Crippen LogP contribution in [0, 0.1) is 0 Å². The molecule has 0 spiro atoms. The molecular formula is C30HF59. The van der Waals surface area contributed by atoms with E-state index in [1.165, 1.54) is 0 Å². The normalized spacial score (nSPS) is 17.7. The average Bonchev–Trinajstić information content (AvgIpc) is 3.31. The molecule has 0 radical (unpaired) electrons. The van der Waals surface area contributed by atoms with Crippen molar-refractivity contribution >= 4 is 0 Å². The molecule has 89 heavy (non-hydrogen) atoms. The summed E-state index contributed by atoms with van der Waals surface area (Å²) in [5.74, 6) is -291. The van der Waals surface area contributed by atoms with Crippen molar-refractivity contribution in [3.63, 3.8) is 0 Å². The molecule has 0 heterocycles. The zero-order valence-electron chi connectivity index (χ0n) is 37.4. The van der Waals surface area contributed by atoms with E-state index in [4.69, 9.17) is 0 Å². The Kier molecular flexibility index (Phi) is 19.3. The highest BCUT2D eigenvalue weighted by molar-refractivity contribution is 5.26. The molecule has 0 N–H and O–H groups in total. The Bertz CT molecular complexity index is 2580. The number of hydrogen-bond donors (Lipinski definition) is 0. The first kappa shape index (κ1) is 84.6. The molecule has 0 saturated heterocycles. The molecule has 0 aromatic carbocycles. The van der Waals surface area contributed by atoms with Crippen molar-refractivity contribution in [3.8, 4) is 0 Å². The lowest BCUT2D eigenvalue weighted by atomic mass is 9.81. The maximum Gasteiger partial charge on any atom is 0.460 e. The molecular weight excluding hydrogens is 1480 g/mol. The lowest BCUT2D eigenvalue weighted by Crippen LogP contribution is -2.81. The monoisotopic (exact) mass is 1480 g/mol. The maximum absolute atomic E-state index is 14.2. The lowest BCUT2D eigenvalue weighted by molar-refractivity contribution is -0.500. The van der Waals surface area contributed by atoms with Gasteiger partial charge in [-0.05, 0) is 0 Å². The van der Waals surface area contributed by atoms with Gasteiger partial charge < -0.3 is 0 Å². The molecule has 0 aliphatic heterocycles. The van der Waals surface area contributed by atoms with Crippen LogP contribution >= 0.6 is 0 Å². The van der Waals surface area contributed by atoms with E-state index in [9.17, 15) is 259 Å². The Hall–Kier alpha value is -4.39. The Balaban J connectivity index is 8.36. The highest BCUT2D eigenvalue weighted by Crippen LogP contribution is 2.74. The first-order valence-electron chi connectivity index (χ1n) is 18.5. The molecule has 534 valence electrons. The Labute approximate surface area is 438 Å². The van der Waals surface area contributed by atoms with Gasteiger partial charge in [0.1, 0.15) is 6.33 Å². The summed E-state index contributed by atoms with van der Waals surface area (Å²) in [4.78, 5) is 0. The first-order chi connectivity index (χ1) is 37.2. The molecule has 0 aromatic rings. The van der Waals surface area contributed by atoms with Crippen LogP contribution in [0.15, 0.2) is 12.2 Å². The summed E-state index contributed by atoms with van der Waals surface area (Å²) in [5.41, 5.74) is 0. The predicted octanol–water partition coefficient (Wildman–Crippen LogP) is 19.5. The fraction of sp³-hybridized carbons (Fsp3) is 0.933. The van der Waals surface area contributed by atoms with Gasteiger partial charge in [-0.2, -0.15) is 250 Å². The van der Waals surface area contributed by atoms with Crippen molar-refractivity contribution in [3.05, 3.63) is 12.2 Å². The van der Waals surface area contributed by atoms with Crippen molar-refractivity contribution in [2.45, 2.75) is 166 Å². The first-order valence-corrected chi connectivity index (χ1v) is 18.5. The summed E-state index contributed by atoms with van der Waals surface area (Å²) < 4.78 is 813. The molecule has 0 aliphatic carbocycles. The van der Waals surface area contributed by atoms with E-state index in [1.54, 1.807) is 0 Å². The summed E-state index contributed by atoms with van der Waals surface area (Å²) in [7, 11) is 0. The van der Waals surface area contributed by atoms with Gasteiger partial charge in [0, 0.05) is 0 Å². The van der Waals surface area contributed by atoms with Crippen molar-refractivity contribution in [1.82, 2.24) is 0 Å².